The molecule has 6 heteroatoms. The number of nitrogens with zero attached hydrogens (tertiary/aromatic N) is 2. The Morgan fingerprint density at radius 1 is 1.18 bits per heavy atom. The van der Waals surface area contributed by atoms with Gasteiger partial charge in [-0.05, 0) is 38.8 Å². The van der Waals surface area contributed by atoms with Gasteiger partial charge in [-0.15, -0.1) is 0 Å². The van der Waals surface area contributed by atoms with Gasteiger partial charge < -0.3 is 4.84 Å². The van der Waals surface area contributed by atoms with Crippen LogP contribution >= 0.6 is 0 Å². The molecule has 0 unspecified atom stereocenters. The SMILES string of the molecule is Cc1ccc(S(=O)(=O)N2C/C(=N\OC(C)C)[C@@H]2C(C)C)cc1. The van der Waals surface area contributed by atoms with Crippen molar-refractivity contribution in [3.05, 3.63) is 29.8 Å². The molecule has 22 heavy (non-hydrogen) atoms. The van der Waals surface area contributed by atoms with E-state index in [1.54, 1.807) is 12.1 Å². The second-order valence-corrected chi connectivity index (χ2v) is 8.18. The summed E-state index contributed by atoms with van der Waals surface area (Å²) in [7, 11) is -3.49. The molecule has 0 N–H and O–H groups in total. The summed E-state index contributed by atoms with van der Waals surface area (Å²) >= 11 is 0. The fourth-order valence-electron chi connectivity index (χ4n) is 2.46. The van der Waals surface area contributed by atoms with Gasteiger partial charge in [0.15, 0.2) is 0 Å². The minimum absolute atomic E-state index is 0.0110. The average molecular weight is 324 g/mol. The number of aryl methyl sites for hydroxylation is 1. The molecule has 0 aromatic heterocycles. The summed E-state index contributed by atoms with van der Waals surface area (Å²) in [4.78, 5) is 5.60. The zero-order valence-electron chi connectivity index (χ0n) is 13.8. The van der Waals surface area contributed by atoms with Crippen molar-refractivity contribution in [2.45, 2.75) is 51.7 Å². The van der Waals surface area contributed by atoms with Crippen molar-refractivity contribution in [3.63, 3.8) is 0 Å². The van der Waals surface area contributed by atoms with E-state index in [0.29, 0.717) is 11.4 Å². The second kappa shape index (κ2) is 6.38. The first kappa shape index (κ1) is 17.0. The first-order valence-electron chi connectivity index (χ1n) is 7.54. The van der Waals surface area contributed by atoms with Gasteiger partial charge in [-0.3, -0.25) is 0 Å². The van der Waals surface area contributed by atoms with E-state index in [0.717, 1.165) is 11.3 Å². The van der Waals surface area contributed by atoms with E-state index in [1.807, 2.05) is 46.8 Å². The summed E-state index contributed by atoms with van der Waals surface area (Å²) in [6.07, 6.45) is -0.0110. The number of rotatable bonds is 5. The van der Waals surface area contributed by atoms with Gasteiger partial charge in [-0.1, -0.05) is 36.7 Å². The topological polar surface area (TPSA) is 59.0 Å². The molecule has 2 rings (SSSR count). The fraction of sp³-hybridized carbons (Fsp3) is 0.562. The maximum Gasteiger partial charge on any atom is 0.244 e. The summed E-state index contributed by atoms with van der Waals surface area (Å²) in [5.41, 5.74) is 1.83. The van der Waals surface area contributed by atoms with Crippen molar-refractivity contribution >= 4 is 15.7 Å². The minimum atomic E-state index is -3.49. The number of benzene rings is 1. The highest BCUT2D eigenvalue weighted by molar-refractivity contribution is 7.89. The molecule has 5 nitrogen and oxygen atoms in total. The van der Waals surface area contributed by atoms with Crippen LogP contribution in [0.1, 0.15) is 33.3 Å². The minimum Gasteiger partial charge on any atom is -0.393 e. The van der Waals surface area contributed by atoms with E-state index >= 15 is 0 Å². The third-order valence-corrected chi connectivity index (χ3v) is 5.45. The van der Waals surface area contributed by atoms with Crippen LogP contribution in [0.25, 0.3) is 0 Å². The molecule has 0 bridgehead atoms. The molecule has 1 aromatic carbocycles. The summed E-state index contributed by atoms with van der Waals surface area (Å²) in [5.74, 6) is 0.142. The highest BCUT2D eigenvalue weighted by Gasteiger charge is 2.45. The van der Waals surface area contributed by atoms with E-state index in [4.69, 9.17) is 4.84 Å². The Hall–Kier alpha value is -1.40. The molecule has 1 saturated heterocycles. The van der Waals surface area contributed by atoms with Crippen LogP contribution in [0.15, 0.2) is 34.3 Å². The Morgan fingerprint density at radius 2 is 1.77 bits per heavy atom. The van der Waals surface area contributed by atoms with Crippen molar-refractivity contribution < 1.29 is 13.3 Å². The lowest BCUT2D eigenvalue weighted by Crippen LogP contribution is -2.61. The van der Waals surface area contributed by atoms with Gasteiger partial charge >= 0.3 is 0 Å². The molecule has 1 fully saturated rings. The predicted molar refractivity (Wildman–Crippen MR) is 87.4 cm³/mol. The van der Waals surface area contributed by atoms with Gasteiger partial charge in [0.2, 0.25) is 10.0 Å². The monoisotopic (exact) mass is 324 g/mol. The number of hydrogen-bond acceptors (Lipinski definition) is 4. The molecule has 1 heterocycles. The smallest absolute Gasteiger partial charge is 0.244 e. The summed E-state index contributed by atoms with van der Waals surface area (Å²) in [5, 5.41) is 4.11. The van der Waals surface area contributed by atoms with E-state index in [2.05, 4.69) is 5.16 Å². The molecule has 122 valence electrons. The van der Waals surface area contributed by atoms with Gasteiger partial charge in [-0.25, -0.2) is 8.42 Å². The summed E-state index contributed by atoms with van der Waals surface area (Å²) in [6.45, 7) is 10.0. The normalized spacial score (nSPS) is 21.4. The second-order valence-electron chi connectivity index (χ2n) is 6.29. The zero-order valence-corrected chi connectivity index (χ0v) is 14.6. The predicted octanol–water partition coefficient (Wildman–Crippen LogP) is 2.80. The van der Waals surface area contributed by atoms with Crippen LogP contribution in [-0.4, -0.2) is 37.1 Å². The van der Waals surface area contributed by atoms with Crippen molar-refractivity contribution in [1.82, 2.24) is 4.31 Å². The average Bonchev–Trinajstić information content (AvgIpc) is 2.36. The van der Waals surface area contributed by atoms with Gasteiger partial charge in [0.25, 0.3) is 0 Å². The lowest BCUT2D eigenvalue weighted by Gasteiger charge is -2.42. The van der Waals surface area contributed by atoms with Crippen LogP contribution in [0.2, 0.25) is 0 Å². The molecule has 1 aromatic rings. The Labute approximate surface area is 133 Å². The highest BCUT2D eigenvalue weighted by atomic mass is 32.2. The van der Waals surface area contributed by atoms with E-state index in [-0.39, 0.29) is 18.1 Å². The Balaban J connectivity index is 2.25. The van der Waals surface area contributed by atoms with Gasteiger partial charge in [0.1, 0.15) is 6.10 Å². The van der Waals surface area contributed by atoms with Gasteiger partial charge in [0.05, 0.1) is 23.2 Å². The molecule has 0 aliphatic carbocycles. The first-order valence-corrected chi connectivity index (χ1v) is 8.98. The molecular weight excluding hydrogens is 300 g/mol. The van der Waals surface area contributed by atoms with Crippen molar-refractivity contribution in [1.29, 1.82) is 0 Å². The Bertz CT molecular complexity index is 648. The van der Waals surface area contributed by atoms with Crippen molar-refractivity contribution in [3.8, 4) is 0 Å². The van der Waals surface area contributed by atoms with E-state index in [9.17, 15) is 8.42 Å². The molecule has 1 aliphatic heterocycles. The lowest BCUT2D eigenvalue weighted by molar-refractivity contribution is 0.0798. The number of oxime groups is 1. The van der Waals surface area contributed by atoms with Crippen LogP contribution in [0.3, 0.4) is 0 Å². The van der Waals surface area contributed by atoms with Crippen LogP contribution in [0.5, 0.6) is 0 Å². The molecule has 0 radical (unpaired) electrons. The first-order chi connectivity index (χ1) is 10.2. The van der Waals surface area contributed by atoms with Crippen LogP contribution in [-0.2, 0) is 14.9 Å². The maximum absolute atomic E-state index is 12.8. The van der Waals surface area contributed by atoms with Crippen LogP contribution < -0.4 is 0 Å². The van der Waals surface area contributed by atoms with Crippen LogP contribution in [0.4, 0.5) is 0 Å². The number of hydrogen-bond donors (Lipinski definition) is 0. The summed E-state index contributed by atoms with van der Waals surface area (Å²) in [6, 6.07) is 6.70. The largest absolute Gasteiger partial charge is 0.393 e. The molecular formula is C16H24N2O3S. The zero-order chi connectivity index (χ0) is 16.5. The van der Waals surface area contributed by atoms with Gasteiger partial charge in [-0.2, -0.15) is 4.31 Å². The van der Waals surface area contributed by atoms with E-state index < -0.39 is 10.0 Å². The fourth-order valence-corrected chi connectivity index (χ4v) is 4.18. The molecule has 0 amide bonds. The van der Waals surface area contributed by atoms with Crippen LogP contribution in [0, 0.1) is 12.8 Å². The highest BCUT2D eigenvalue weighted by Crippen LogP contribution is 2.30. The third-order valence-electron chi connectivity index (χ3n) is 3.61. The van der Waals surface area contributed by atoms with Gasteiger partial charge in [0, 0.05) is 0 Å². The quantitative estimate of drug-likeness (QED) is 0.783. The maximum atomic E-state index is 12.8. The summed E-state index contributed by atoms with van der Waals surface area (Å²) < 4.78 is 27.0. The Morgan fingerprint density at radius 3 is 2.27 bits per heavy atom. The van der Waals surface area contributed by atoms with Crippen molar-refractivity contribution in [2.75, 3.05) is 6.54 Å². The molecule has 0 spiro atoms. The molecule has 1 atom stereocenters. The van der Waals surface area contributed by atoms with Crippen molar-refractivity contribution in [2.24, 2.45) is 11.1 Å². The molecule has 0 saturated carbocycles. The third kappa shape index (κ3) is 3.33. The Kier molecular flexibility index (Phi) is 4.92. The molecule has 1 aliphatic rings. The lowest BCUT2D eigenvalue weighted by atomic mass is 9.93. The standard InChI is InChI=1S/C16H24N2O3S/c1-11(2)16-15(17-21-12(3)4)10-18(16)22(19,20)14-8-6-13(5)7-9-14/h6-9,11-12,16H,10H2,1-5H3/b17-15+/t16-/m0/s1. The van der Waals surface area contributed by atoms with E-state index in [1.165, 1.54) is 4.31 Å². The number of sulfonamides is 1.